The molecule has 3 heterocycles. The van der Waals surface area contributed by atoms with E-state index in [1.807, 2.05) is 42.5 Å². The van der Waals surface area contributed by atoms with Gasteiger partial charge in [-0.05, 0) is 43.2 Å². The summed E-state index contributed by atoms with van der Waals surface area (Å²) in [5.41, 5.74) is 3.48. The molecule has 8 heteroatoms. The molecule has 2 aliphatic heterocycles. The van der Waals surface area contributed by atoms with E-state index < -0.39 is 0 Å². The van der Waals surface area contributed by atoms with Gasteiger partial charge in [0.2, 0.25) is 0 Å². The van der Waals surface area contributed by atoms with Crippen molar-refractivity contribution < 1.29 is 19.0 Å². The molecule has 31 heavy (non-hydrogen) atoms. The van der Waals surface area contributed by atoms with Gasteiger partial charge in [-0.15, -0.1) is 11.3 Å². The Morgan fingerprint density at radius 2 is 2.19 bits per heavy atom. The number of anilines is 1. The fourth-order valence-corrected chi connectivity index (χ4v) is 4.82. The maximum atomic E-state index is 11.8. The number of nitrogens with one attached hydrogen (secondary N) is 1. The first-order chi connectivity index (χ1) is 15.2. The van der Waals surface area contributed by atoms with E-state index in [4.69, 9.17) is 19.2 Å². The number of carbonyl (C=O) groups excluding carboxylic acids is 1. The highest BCUT2D eigenvalue weighted by molar-refractivity contribution is 7.07. The minimum Gasteiger partial charge on any atom is -0.494 e. The second kappa shape index (κ2) is 8.56. The van der Waals surface area contributed by atoms with Gasteiger partial charge in [-0.2, -0.15) is 0 Å². The van der Waals surface area contributed by atoms with Crippen LogP contribution < -0.4 is 19.6 Å². The van der Waals surface area contributed by atoms with Crippen LogP contribution in [0.2, 0.25) is 0 Å². The summed E-state index contributed by atoms with van der Waals surface area (Å²) in [4.78, 5) is 17.5. The molecular formula is C23H23N3O4S. The summed E-state index contributed by atoms with van der Waals surface area (Å²) in [6, 6.07) is 13.6. The second-order valence-corrected chi connectivity index (χ2v) is 8.32. The van der Waals surface area contributed by atoms with Crippen LogP contribution in [0.3, 0.4) is 0 Å². The van der Waals surface area contributed by atoms with Gasteiger partial charge in [-0.1, -0.05) is 12.1 Å². The molecule has 3 aromatic rings. The fraction of sp³-hybridized carbons (Fsp3) is 0.304. The molecule has 0 unspecified atom stereocenters. The van der Waals surface area contributed by atoms with E-state index in [1.165, 1.54) is 0 Å². The molecule has 2 aliphatic rings. The Bertz CT molecular complexity index is 1180. The van der Waals surface area contributed by atoms with E-state index in [-0.39, 0.29) is 18.6 Å². The van der Waals surface area contributed by atoms with Crippen LogP contribution >= 0.6 is 11.3 Å². The smallest absolute Gasteiger partial charge is 0.262 e. The molecule has 0 saturated carbocycles. The molecule has 5 rings (SSSR count). The number of carbonyl (C=O) groups is 1. The zero-order valence-electron chi connectivity index (χ0n) is 17.2. The van der Waals surface area contributed by atoms with Gasteiger partial charge in [0.1, 0.15) is 17.2 Å². The number of benzene rings is 2. The van der Waals surface area contributed by atoms with Crippen LogP contribution in [0.1, 0.15) is 12.8 Å². The van der Waals surface area contributed by atoms with Crippen LogP contribution in [-0.4, -0.2) is 36.9 Å². The first-order valence-corrected chi connectivity index (χ1v) is 11.1. The van der Waals surface area contributed by atoms with E-state index in [1.54, 1.807) is 18.4 Å². The summed E-state index contributed by atoms with van der Waals surface area (Å²) in [6.45, 7) is 1.56. The van der Waals surface area contributed by atoms with Crippen molar-refractivity contribution in [3.05, 3.63) is 52.6 Å². The van der Waals surface area contributed by atoms with Gasteiger partial charge in [0.15, 0.2) is 11.4 Å². The highest BCUT2D eigenvalue weighted by atomic mass is 32.1. The van der Waals surface area contributed by atoms with E-state index in [0.717, 1.165) is 46.9 Å². The number of nitrogens with zero attached hydrogens (tertiary/aromatic N) is 2. The maximum Gasteiger partial charge on any atom is 0.262 e. The first kappa shape index (κ1) is 19.8. The summed E-state index contributed by atoms with van der Waals surface area (Å²) >= 11 is 1.57. The summed E-state index contributed by atoms with van der Waals surface area (Å²) < 4.78 is 19.1. The second-order valence-electron chi connectivity index (χ2n) is 7.48. The van der Waals surface area contributed by atoms with Gasteiger partial charge in [-0.25, -0.2) is 4.99 Å². The Hall–Kier alpha value is -3.10. The Labute approximate surface area is 183 Å². The van der Waals surface area contributed by atoms with Gasteiger partial charge < -0.3 is 24.1 Å². The van der Waals surface area contributed by atoms with Crippen molar-refractivity contribution >= 4 is 28.6 Å². The highest BCUT2D eigenvalue weighted by Gasteiger charge is 2.21. The minimum absolute atomic E-state index is 0.0474. The average Bonchev–Trinajstić information content (AvgIpc) is 3.44. The van der Waals surface area contributed by atoms with Gasteiger partial charge in [-0.3, -0.25) is 4.79 Å². The van der Waals surface area contributed by atoms with Gasteiger partial charge in [0.05, 0.1) is 31.1 Å². The zero-order valence-corrected chi connectivity index (χ0v) is 18.0. The van der Waals surface area contributed by atoms with E-state index >= 15 is 0 Å². The van der Waals surface area contributed by atoms with Crippen molar-refractivity contribution in [3.63, 3.8) is 0 Å². The molecule has 160 valence electrons. The quantitative estimate of drug-likeness (QED) is 0.656. The lowest BCUT2D eigenvalue weighted by Gasteiger charge is -2.19. The Morgan fingerprint density at radius 1 is 1.29 bits per heavy atom. The minimum atomic E-state index is -0.144. The van der Waals surface area contributed by atoms with Gasteiger partial charge >= 0.3 is 0 Å². The molecule has 0 spiro atoms. The molecule has 1 aromatic heterocycles. The van der Waals surface area contributed by atoms with Crippen LogP contribution in [0, 0.1) is 0 Å². The van der Waals surface area contributed by atoms with Crippen LogP contribution in [-0.2, 0) is 16.1 Å². The monoisotopic (exact) mass is 437 g/mol. The predicted octanol–water partition coefficient (Wildman–Crippen LogP) is 3.97. The predicted molar refractivity (Wildman–Crippen MR) is 119 cm³/mol. The third kappa shape index (κ3) is 4.08. The molecular weight excluding hydrogens is 414 g/mol. The molecule has 0 bridgehead atoms. The first-order valence-electron chi connectivity index (χ1n) is 10.3. The van der Waals surface area contributed by atoms with Crippen LogP contribution in [0.4, 0.5) is 11.4 Å². The third-order valence-corrected chi connectivity index (χ3v) is 6.28. The van der Waals surface area contributed by atoms with E-state index in [0.29, 0.717) is 18.0 Å². The number of thiazole rings is 1. The Balaban J connectivity index is 1.60. The number of amides is 1. The normalized spacial score (nSPS) is 18.4. The lowest BCUT2D eigenvalue weighted by molar-refractivity contribution is -0.118. The van der Waals surface area contributed by atoms with Gasteiger partial charge in [0.25, 0.3) is 5.91 Å². The number of methoxy groups -OCH3 is 1. The maximum absolute atomic E-state index is 11.8. The highest BCUT2D eigenvalue weighted by Crippen LogP contribution is 2.33. The summed E-state index contributed by atoms with van der Waals surface area (Å²) in [5, 5.41) is 4.98. The summed E-state index contributed by atoms with van der Waals surface area (Å²) in [5.74, 6) is 1.27. The summed E-state index contributed by atoms with van der Waals surface area (Å²) in [7, 11) is 1.65. The van der Waals surface area contributed by atoms with E-state index in [9.17, 15) is 4.79 Å². The number of rotatable bonds is 5. The summed E-state index contributed by atoms with van der Waals surface area (Å²) in [6.07, 6.45) is 2.27. The number of ether oxygens (including phenoxy) is 3. The van der Waals surface area contributed by atoms with Crippen LogP contribution in [0.15, 0.2) is 52.8 Å². The molecule has 1 saturated heterocycles. The molecule has 0 aliphatic carbocycles. The number of fused-ring (bicyclic) bond motifs is 1. The largest absolute Gasteiger partial charge is 0.494 e. The fourth-order valence-electron chi connectivity index (χ4n) is 3.89. The molecule has 7 nitrogen and oxygen atoms in total. The van der Waals surface area contributed by atoms with Crippen LogP contribution in [0.5, 0.6) is 11.5 Å². The topological polar surface area (TPSA) is 74.1 Å². The average molecular weight is 438 g/mol. The van der Waals surface area contributed by atoms with Crippen molar-refractivity contribution in [1.29, 1.82) is 0 Å². The lowest BCUT2D eigenvalue weighted by atomic mass is 10.1. The molecule has 2 aromatic carbocycles. The van der Waals surface area contributed by atoms with Crippen LogP contribution in [0.25, 0.3) is 11.3 Å². The molecule has 1 atom stereocenters. The van der Waals surface area contributed by atoms with Crippen molar-refractivity contribution in [1.82, 2.24) is 4.57 Å². The standard InChI is InChI=1S/C23H23N3O4S/c1-28-20-7-3-2-6-17(20)25-23-26(12-16-5-4-10-29-16)19(14-31-23)15-8-9-21-18(11-15)24-22(27)13-30-21/h2-3,6-9,11,14,16H,4-5,10,12-13H2,1H3,(H,24,27)/t16-/m0/s1. The number of para-hydroxylation sites is 2. The molecule has 1 N–H and O–H groups in total. The van der Waals surface area contributed by atoms with Crippen molar-refractivity contribution in [2.45, 2.75) is 25.5 Å². The van der Waals surface area contributed by atoms with Gasteiger partial charge in [0, 0.05) is 17.6 Å². The van der Waals surface area contributed by atoms with E-state index in [2.05, 4.69) is 15.3 Å². The molecule has 1 amide bonds. The Kier molecular flexibility index (Phi) is 5.48. The van der Waals surface area contributed by atoms with Crippen molar-refractivity contribution in [2.75, 3.05) is 25.6 Å². The Morgan fingerprint density at radius 3 is 3.03 bits per heavy atom. The molecule has 1 fully saturated rings. The van der Waals surface area contributed by atoms with Crippen molar-refractivity contribution in [3.8, 4) is 22.8 Å². The number of hydrogen-bond acceptors (Lipinski definition) is 6. The lowest BCUT2D eigenvalue weighted by Crippen LogP contribution is -2.25. The van der Waals surface area contributed by atoms with Crippen molar-refractivity contribution in [2.24, 2.45) is 4.99 Å². The zero-order chi connectivity index (χ0) is 21.2. The molecule has 0 radical (unpaired) electrons. The number of aromatic nitrogens is 1. The third-order valence-electron chi connectivity index (χ3n) is 5.42. The SMILES string of the molecule is COc1ccccc1N=c1scc(-c2ccc3c(c2)NC(=O)CO3)n1C[C@@H]1CCCO1. The number of hydrogen-bond donors (Lipinski definition) is 1.